The van der Waals surface area contributed by atoms with Gasteiger partial charge in [0.15, 0.2) is 0 Å². The summed E-state index contributed by atoms with van der Waals surface area (Å²) in [4.78, 5) is 28.3. The molecule has 0 bridgehead atoms. The predicted molar refractivity (Wildman–Crippen MR) is 89.4 cm³/mol. The molecule has 23 heavy (non-hydrogen) atoms. The summed E-state index contributed by atoms with van der Waals surface area (Å²) in [7, 11) is 0. The van der Waals surface area contributed by atoms with Crippen LogP contribution in [0.3, 0.4) is 0 Å². The van der Waals surface area contributed by atoms with Gasteiger partial charge in [-0.2, -0.15) is 0 Å². The number of aromatic nitrogens is 1. The van der Waals surface area contributed by atoms with E-state index in [1.165, 1.54) is 0 Å². The Morgan fingerprint density at radius 1 is 1.04 bits per heavy atom. The van der Waals surface area contributed by atoms with Crippen molar-refractivity contribution in [2.24, 2.45) is 17.8 Å². The lowest BCUT2D eigenvalue weighted by Gasteiger charge is -2.27. The van der Waals surface area contributed by atoms with Gasteiger partial charge in [0.2, 0.25) is 11.8 Å². The Kier molecular flexibility index (Phi) is 6.56. The zero-order valence-corrected chi connectivity index (χ0v) is 14.0. The van der Waals surface area contributed by atoms with E-state index >= 15 is 0 Å². The predicted octanol–water partition coefficient (Wildman–Crippen LogP) is 2.28. The van der Waals surface area contributed by atoms with E-state index in [0.717, 1.165) is 37.8 Å². The summed E-state index contributed by atoms with van der Waals surface area (Å²) in [5, 5.41) is 5.98. The molecule has 1 aromatic heterocycles. The van der Waals surface area contributed by atoms with Crippen molar-refractivity contribution in [2.45, 2.75) is 46.1 Å². The summed E-state index contributed by atoms with van der Waals surface area (Å²) in [5.41, 5.74) is 1.05. The van der Waals surface area contributed by atoms with Crippen LogP contribution in [-0.4, -0.2) is 23.3 Å². The second-order valence-electron chi connectivity index (χ2n) is 6.76. The van der Waals surface area contributed by atoms with Crippen LogP contribution in [0.2, 0.25) is 0 Å². The van der Waals surface area contributed by atoms with Crippen LogP contribution in [-0.2, 0) is 16.1 Å². The van der Waals surface area contributed by atoms with Crippen molar-refractivity contribution in [3.8, 4) is 0 Å². The first-order valence-corrected chi connectivity index (χ1v) is 8.50. The Balaban J connectivity index is 1.71. The molecule has 2 amide bonds. The highest BCUT2D eigenvalue weighted by molar-refractivity contribution is 5.81. The molecule has 0 spiro atoms. The third kappa shape index (κ3) is 5.66. The quantitative estimate of drug-likeness (QED) is 0.845. The largest absolute Gasteiger partial charge is 0.356 e. The molecule has 0 radical (unpaired) electrons. The minimum atomic E-state index is 0.0333. The Morgan fingerprint density at radius 3 is 2.09 bits per heavy atom. The van der Waals surface area contributed by atoms with Gasteiger partial charge in [0.05, 0.1) is 0 Å². The maximum atomic E-state index is 12.2. The number of hydrogen-bond donors (Lipinski definition) is 2. The maximum Gasteiger partial charge on any atom is 0.223 e. The summed E-state index contributed by atoms with van der Waals surface area (Å²) in [6, 6.07) is 3.80. The summed E-state index contributed by atoms with van der Waals surface area (Å²) in [5.74, 6) is 0.815. The van der Waals surface area contributed by atoms with Gasteiger partial charge in [-0.15, -0.1) is 0 Å². The lowest BCUT2D eigenvalue weighted by molar-refractivity contribution is -0.130. The van der Waals surface area contributed by atoms with Crippen LogP contribution in [0.5, 0.6) is 0 Å². The molecule has 1 aromatic rings. The third-order valence-electron chi connectivity index (χ3n) is 4.37. The van der Waals surface area contributed by atoms with Gasteiger partial charge in [0.1, 0.15) is 0 Å². The normalized spacial score (nSPS) is 21.0. The number of pyridine rings is 1. The van der Waals surface area contributed by atoms with Crippen molar-refractivity contribution >= 4 is 11.8 Å². The molecule has 126 valence electrons. The third-order valence-corrected chi connectivity index (χ3v) is 4.37. The monoisotopic (exact) mass is 317 g/mol. The van der Waals surface area contributed by atoms with Crippen LogP contribution < -0.4 is 10.6 Å². The Bertz CT molecular complexity index is 508. The van der Waals surface area contributed by atoms with Crippen molar-refractivity contribution in [1.82, 2.24) is 15.6 Å². The minimum absolute atomic E-state index is 0.0333. The number of carbonyl (C=O) groups is 2. The van der Waals surface area contributed by atoms with Crippen LogP contribution in [0.25, 0.3) is 0 Å². The van der Waals surface area contributed by atoms with E-state index in [4.69, 9.17) is 0 Å². The molecule has 1 saturated carbocycles. The summed E-state index contributed by atoms with van der Waals surface area (Å²) >= 11 is 0. The topological polar surface area (TPSA) is 71.1 Å². The fraction of sp³-hybridized carbons (Fsp3) is 0.611. The molecular formula is C18H27N3O2. The molecule has 2 N–H and O–H groups in total. The number of nitrogens with one attached hydrogen (secondary N) is 2. The van der Waals surface area contributed by atoms with E-state index in [1.54, 1.807) is 12.4 Å². The van der Waals surface area contributed by atoms with Crippen molar-refractivity contribution < 1.29 is 9.59 Å². The molecule has 1 heterocycles. The SMILES string of the molecule is CC(C)CNC(=O)C1CCC(C(=O)NCc2ccncc2)CC1. The van der Waals surface area contributed by atoms with E-state index in [-0.39, 0.29) is 23.7 Å². The van der Waals surface area contributed by atoms with Gasteiger partial charge < -0.3 is 10.6 Å². The fourth-order valence-electron chi connectivity index (χ4n) is 2.90. The lowest BCUT2D eigenvalue weighted by Crippen LogP contribution is -2.38. The first-order chi connectivity index (χ1) is 11.1. The smallest absolute Gasteiger partial charge is 0.223 e. The second-order valence-corrected chi connectivity index (χ2v) is 6.76. The first-order valence-electron chi connectivity index (χ1n) is 8.50. The van der Waals surface area contributed by atoms with E-state index in [9.17, 15) is 9.59 Å². The highest BCUT2D eigenvalue weighted by Crippen LogP contribution is 2.29. The summed E-state index contributed by atoms with van der Waals surface area (Å²) in [6.07, 6.45) is 6.64. The van der Waals surface area contributed by atoms with Gasteiger partial charge in [-0.05, 0) is 49.3 Å². The number of hydrogen-bond acceptors (Lipinski definition) is 3. The van der Waals surface area contributed by atoms with Crippen molar-refractivity contribution in [2.75, 3.05) is 6.54 Å². The molecule has 1 aliphatic carbocycles. The van der Waals surface area contributed by atoms with Crippen LogP contribution in [0.1, 0.15) is 45.1 Å². The molecule has 0 aromatic carbocycles. The highest BCUT2D eigenvalue weighted by atomic mass is 16.2. The van der Waals surface area contributed by atoms with Crippen molar-refractivity contribution in [1.29, 1.82) is 0 Å². The zero-order chi connectivity index (χ0) is 16.7. The molecule has 0 aliphatic heterocycles. The summed E-state index contributed by atoms with van der Waals surface area (Å²) in [6.45, 7) is 5.44. The van der Waals surface area contributed by atoms with Crippen LogP contribution in [0, 0.1) is 17.8 Å². The second kappa shape index (κ2) is 8.65. The number of amides is 2. The van der Waals surface area contributed by atoms with Crippen LogP contribution >= 0.6 is 0 Å². The average Bonchev–Trinajstić information content (AvgIpc) is 2.58. The number of nitrogens with zero attached hydrogens (tertiary/aromatic N) is 1. The van der Waals surface area contributed by atoms with Gasteiger partial charge in [0.25, 0.3) is 0 Å². The Hall–Kier alpha value is -1.91. The average molecular weight is 317 g/mol. The molecule has 0 saturated heterocycles. The molecule has 2 rings (SSSR count). The standard InChI is InChI=1S/C18H27N3O2/c1-13(2)11-20-17(22)15-3-5-16(6-4-15)18(23)21-12-14-7-9-19-10-8-14/h7-10,13,15-16H,3-6,11-12H2,1-2H3,(H,20,22)(H,21,23). The molecular weight excluding hydrogens is 290 g/mol. The molecule has 1 fully saturated rings. The van der Waals surface area contributed by atoms with Crippen LogP contribution in [0.4, 0.5) is 0 Å². The maximum absolute atomic E-state index is 12.2. The van der Waals surface area contributed by atoms with Gasteiger partial charge in [0, 0.05) is 37.3 Å². The van der Waals surface area contributed by atoms with Gasteiger partial charge in [-0.3, -0.25) is 14.6 Å². The molecule has 1 aliphatic rings. The van der Waals surface area contributed by atoms with E-state index in [1.807, 2.05) is 12.1 Å². The Labute approximate surface area is 138 Å². The molecule has 5 heteroatoms. The van der Waals surface area contributed by atoms with Gasteiger partial charge in [-0.1, -0.05) is 13.8 Å². The highest BCUT2D eigenvalue weighted by Gasteiger charge is 2.29. The fourth-order valence-corrected chi connectivity index (χ4v) is 2.90. The van der Waals surface area contributed by atoms with E-state index in [2.05, 4.69) is 29.5 Å². The van der Waals surface area contributed by atoms with E-state index < -0.39 is 0 Å². The Morgan fingerprint density at radius 2 is 1.57 bits per heavy atom. The van der Waals surface area contributed by atoms with Gasteiger partial charge in [-0.25, -0.2) is 0 Å². The number of carbonyl (C=O) groups excluding carboxylic acids is 2. The lowest BCUT2D eigenvalue weighted by atomic mass is 9.81. The molecule has 0 atom stereocenters. The zero-order valence-electron chi connectivity index (χ0n) is 14.0. The van der Waals surface area contributed by atoms with Gasteiger partial charge >= 0.3 is 0 Å². The van der Waals surface area contributed by atoms with Crippen LogP contribution in [0.15, 0.2) is 24.5 Å². The van der Waals surface area contributed by atoms with Crippen molar-refractivity contribution in [3.05, 3.63) is 30.1 Å². The minimum Gasteiger partial charge on any atom is -0.356 e. The van der Waals surface area contributed by atoms with Crippen molar-refractivity contribution in [3.63, 3.8) is 0 Å². The van der Waals surface area contributed by atoms with E-state index in [0.29, 0.717) is 12.5 Å². The summed E-state index contributed by atoms with van der Waals surface area (Å²) < 4.78 is 0. The number of rotatable bonds is 6. The molecule has 0 unspecified atom stereocenters. The molecule has 5 nitrogen and oxygen atoms in total. The first kappa shape index (κ1) is 17.4.